The number of nitrogens with zero attached hydrogens (tertiary/aromatic N) is 2. The molecule has 0 fully saturated rings. The van der Waals surface area contributed by atoms with E-state index in [1.54, 1.807) is 14.1 Å². The first-order valence-corrected chi connectivity index (χ1v) is 7.60. The van der Waals surface area contributed by atoms with Crippen molar-refractivity contribution in [1.82, 2.24) is 13.9 Å². The molecule has 0 saturated heterocycles. The highest BCUT2D eigenvalue weighted by molar-refractivity contribution is 7.86. The molecule has 0 bridgehead atoms. The van der Waals surface area contributed by atoms with Crippen molar-refractivity contribution in [2.75, 3.05) is 40.3 Å². The third-order valence-electron chi connectivity index (χ3n) is 2.49. The quantitative estimate of drug-likeness (QED) is 0.626. The van der Waals surface area contributed by atoms with E-state index in [0.717, 1.165) is 19.5 Å². The summed E-state index contributed by atoms with van der Waals surface area (Å²) in [6.45, 7) is 8.94. The van der Waals surface area contributed by atoms with Gasteiger partial charge in [-0.05, 0) is 25.4 Å². The molecule has 0 amide bonds. The normalized spacial score (nSPS) is 12.9. The molecular formula is C11H27N3O2S. The zero-order valence-corrected chi connectivity index (χ0v) is 12.5. The molecule has 0 saturated carbocycles. The van der Waals surface area contributed by atoms with Crippen molar-refractivity contribution < 1.29 is 8.42 Å². The minimum atomic E-state index is -3.28. The van der Waals surface area contributed by atoms with Gasteiger partial charge in [-0.3, -0.25) is 0 Å². The van der Waals surface area contributed by atoms with Gasteiger partial charge < -0.3 is 5.32 Å². The highest BCUT2D eigenvalue weighted by atomic mass is 32.2. The van der Waals surface area contributed by atoms with Crippen LogP contribution in [-0.4, -0.2) is 57.3 Å². The lowest BCUT2D eigenvalue weighted by atomic mass is 10.2. The lowest BCUT2D eigenvalue weighted by Gasteiger charge is -2.25. The highest BCUT2D eigenvalue weighted by Crippen LogP contribution is 2.07. The second-order valence-corrected chi connectivity index (χ2v) is 6.85. The number of nitrogens with one attached hydrogen (secondary N) is 1. The molecule has 0 spiro atoms. The molecular weight excluding hydrogens is 238 g/mol. The van der Waals surface area contributed by atoms with Crippen LogP contribution in [-0.2, 0) is 10.2 Å². The molecule has 0 aromatic carbocycles. The Balaban J connectivity index is 4.19. The maximum Gasteiger partial charge on any atom is 0.281 e. The van der Waals surface area contributed by atoms with Gasteiger partial charge >= 0.3 is 0 Å². The van der Waals surface area contributed by atoms with Crippen molar-refractivity contribution in [2.45, 2.75) is 27.2 Å². The molecule has 0 radical (unpaired) electrons. The molecule has 0 aliphatic heterocycles. The predicted octanol–water partition coefficient (Wildman–Crippen LogP) is 0.750. The van der Waals surface area contributed by atoms with Gasteiger partial charge in [-0.2, -0.15) is 17.0 Å². The molecule has 0 atom stereocenters. The molecule has 104 valence electrons. The maximum absolute atomic E-state index is 12.1. The molecule has 5 nitrogen and oxygen atoms in total. The highest BCUT2D eigenvalue weighted by Gasteiger charge is 2.23. The van der Waals surface area contributed by atoms with Gasteiger partial charge in [0.2, 0.25) is 0 Å². The van der Waals surface area contributed by atoms with Crippen molar-refractivity contribution in [2.24, 2.45) is 5.92 Å². The standard InChI is InChI=1S/C11H27N3O2S/c1-6-12-8-7-9-13(4)17(15,16)14(5)10-11(2)3/h11-12H,6-10H2,1-5H3. The van der Waals surface area contributed by atoms with Crippen LogP contribution in [0.2, 0.25) is 0 Å². The van der Waals surface area contributed by atoms with E-state index in [0.29, 0.717) is 19.0 Å². The van der Waals surface area contributed by atoms with Crippen LogP contribution < -0.4 is 5.32 Å². The first-order valence-electron chi connectivity index (χ1n) is 6.20. The zero-order valence-electron chi connectivity index (χ0n) is 11.7. The summed E-state index contributed by atoms with van der Waals surface area (Å²) >= 11 is 0. The first kappa shape index (κ1) is 16.8. The topological polar surface area (TPSA) is 52.7 Å². The summed E-state index contributed by atoms with van der Waals surface area (Å²) in [6.07, 6.45) is 0.832. The van der Waals surface area contributed by atoms with Crippen LogP contribution in [0.4, 0.5) is 0 Å². The fourth-order valence-corrected chi connectivity index (χ4v) is 2.89. The fourth-order valence-electron chi connectivity index (χ4n) is 1.57. The van der Waals surface area contributed by atoms with Gasteiger partial charge in [0.1, 0.15) is 0 Å². The minimum Gasteiger partial charge on any atom is -0.317 e. The first-order chi connectivity index (χ1) is 7.82. The molecule has 0 unspecified atom stereocenters. The fraction of sp³-hybridized carbons (Fsp3) is 1.00. The second kappa shape index (κ2) is 8.02. The van der Waals surface area contributed by atoms with Crippen LogP contribution in [0.15, 0.2) is 0 Å². The lowest BCUT2D eigenvalue weighted by Crippen LogP contribution is -2.42. The Hall–Kier alpha value is -0.170. The third kappa shape index (κ3) is 6.35. The number of hydrogen-bond acceptors (Lipinski definition) is 3. The van der Waals surface area contributed by atoms with Crippen LogP contribution in [0.25, 0.3) is 0 Å². The number of hydrogen-bond donors (Lipinski definition) is 1. The Morgan fingerprint density at radius 2 is 1.76 bits per heavy atom. The van der Waals surface area contributed by atoms with Crippen molar-refractivity contribution in [3.8, 4) is 0 Å². The van der Waals surface area contributed by atoms with Crippen molar-refractivity contribution in [1.29, 1.82) is 0 Å². The summed E-state index contributed by atoms with van der Waals surface area (Å²) in [5.41, 5.74) is 0. The van der Waals surface area contributed by atoms with Gasteiger partial charge in [0, 0.05) is 27.2 Å². The van der Waals surface area contributed by atoms with Gasteiger partial charge in [0.25, 0.3) is 10.2 Å². The minimum absolute atomic E-state index is 0.338. The average molecular weight is 265 g/mol. The van der Waals surface area contributed by atoms with E-state index in [9.17, 15) is 8.42 Å². The van der Waals surface area contributed by atoms with E-state index in [1.807, 2.05) is 20.8 Å². The third-order valence-corrected chi connectivity index (χ3v) is 4.39. The van der Waals surface area contributed by atoms with E-state index in [-0.39, 0.29) is 0 Å². The molecule has 0 aliphatic carbocycles. The maximum atomic E-state index is 12.1. The van der Waals surface area contributed by atoms with Crippen LogP contribution >= 0.6 is 0 Å². The van der Waals surface area contributed by atoms with E-state index in [2.05, 4.69) is 5.32 Å². The summed E-state index contributed by atoms with van der Waals surface area (Å²) in [4.78, 5) is 0. The lowest BCUT2D eigenvalue weighted by molar-refractivity contribution is 0.363. The van der Waals surface area contributed by atoms with Crippen LogP contribution in [0.5, 0.6) is 0 Å². The molecule has 0 aliphatic rings. The second-order valence-electron chi connectivity index (χ2n) is 4.71. The summed E-state index contributed by atoms with van der Waals surface area (Å²) in [6, 6.07) is 0. The van der Waals surface area contributed by atoms with E-state index >= 15 is 0 Å². The average Bonchev–Trinajstić information content (AvgIpc) is 2.23. The summed E-state index contributed by atoms with van der Waals surface area (Å²) in [5.74, 6) is 0.338. The Morgan fingerprint density at radius 3 is 2.24 bits per heavy atom. The molecule has 0 aromatic rings. The summed E-state index contributed by atoms with van der Waals surface area (Å²) in [7, 11) is -0.0103. The zero-order chi connectivity index (χ0) is 13.5. The molecule has 17 heavy (non-hydrogen) atoms. The summed E-state index contributed by atoms with van der Waals surface area (Å²) in [5, 5.41) is 3.18. The molecule has 0 heterocycles. The Kier molecular flexibility index (Phi) is 7.94. The van der Waals surface area contributed by atoms with E-state index in [1.165, 1.54) is 8.61 Å². The predicted molar refractivity (Wildman–Crippen MR) is 72.2 cm³/mol. The number of rotatable bonds is 9. The molecule has 6 heteroatoms. The SMILES string of the molecule is CCNCCCN(C)S(=O)(=O)N(C)CC(C)C. The monoisotopic (exact) mass is 265 g/mol. The Labute approximate surface area is 106 Å². The Bertz CT molecular complexity index is 291. The molecule has 0 rings (SSSR count). The van der Waals surface area contributed by atoms with Crippen LogP contribution in [0.1, 0.15) is 27.2 Å². The van der Waals surface area contributed by atoms with Gasteiger partial charge in [0.05, 0.1) is 0 Å². The Morgan fingerprint density at radius 1 is 1.18 bits per heavy atom. The van der Waals surface area contributed by atoms with Gasteiger partial charge in [0.15, 0.2) is 0 Å². The van der Waals surface area contributed by atoms with Crippen LogP contribution in [0, 0.1) is 5.92 Å². The summed E-state index contributed by atoms with van der Waals surface area (Å²) < 4.78 is 27.0. The largest absolute Gasteiger partial charge is 0.317 e. The molecule has 0 aromatic heterocycles. The van der Waals surface area contributed by atoms with Gasteiger partial charge in [-0.25, -0.2) is 0 Å². The van der Waals surface area contributed by atoms with E-state index < -0.39 is 10.2 Å². The van der Waals surface area contributed by atoms with Crippen LogP contribution in [0.3, 0.4) is 0 Å². The smallest absolute Gasteiger partial charge is 0.281 e. The molecule has 1 N–H and O–H groups in total. The van der Waals surface area contributed by atoms with E-state index in [4.69, 9.17) is 0 Å². The van der Waals surface area contributed by atoms with Crippen molar-refractivity contribution in [3.05, 3.63) is 0 Å². The van der Waals surface area contributed by atoms with Gasteiger partial charge in [-0.1, -0.05) is 20.8 Å². The van der Waals surface area contributed by atoms with Crippen molar-refractivity contribution in [3.63, 3.8) is 0 Å². The van der Waals surface area contributed by atoms with Crippen molar-refractivity contribution >= 4 is 10.2 Å². The van der Waals surface area contributed by atoms with Gasteiger partial charge in [-0.15, -0.1) is 0 Å².